The van der Waals surface area contributed by atoms with Gasteiger partial charge in [-0.25, -0.2) is 4.98 Å². The Morgan fingerprint density at radius 3 is 2.40 bits per heavy atom. The van der Waals surface area contributed by atoms with Gasteiger partial charge >= 0.3 is 0 Å². The molecule has 1 aromatic heterocycles. The van der Waals surface area contributed by atoms with Gasteiger partial charge in [0, 0.05) is 30.3 Å². The molecule has 1 aromatic carbocycles. The van der Waals surface area contributed by atoms with Crippen LogP contribution in [0.15, 0.2) is 30.3 Å². The van der Waals surface area contributed by atoms with E-state index in [0.717, 1.165) is 0 Å². The topological polar surface area (TPSA) is 109 Å². The first-order valence-electron chi connectivity index (χ1n) is 6.71. The van der Waals surface area contributed by atoms with Crippen LogP contribution in [0.25, 0.3) is 11.1 Å². The van der Waals surface area contributed by atoms with E-state index in [1.807, 2.05) is 0 Å². The predicted molar refractivity (Wildman–Crippen MR) is 98.6 cm³/mol. The number of rotatable bonds is 3. The summed E-state index contributed by atoms with van der Waals surface area (Å²) in [6, 6.07) is 6.71. The Morgan fingerprint density at radius 2 is 1.84 bits per heavy atom. The highest BCUT2D eigenvalue weighted by Crippen LogP contribution is 2.31. The van der Waals surface area contributed by atoms with Crippen molar-refractivity contribution in [2.75, 3.05) is 7.05 Å². The van der Waals surface area contributed by atoms with Crippen LogP contribution < -0.4 is 16.2 Å². The molecule has 2 aromatic rings. The number of benzene rings is 1. The normalized spacial score (nSPS) is 10.0. The number of nitrogens with one attached hydrogen (secondary N) is 3. The molecule has 130 valence electrons. The number of nitro benzene ring substituents is 1. The molecule has 0 aliphatic heterocycles. The van der Waals surface area contributed by atoms with Crippen LogP contribution in [-0.4, -0.2) is 28.0 Å². The van der Waals surface area contributed by atoms with Gasteiger partial charge in [0.2, 0.25) is 0 Å². The number of aromatic nitrogens is 1. The molecule has 0 radical (unpaired) electrons. The predicted octanol–water partition coefficient (Wildman–Crippen LogP) is 2.70. The molecule has 0 bridgehead atoms. The lowest BCUT2D eigenvalue weighted by Crippen LogP contribution is -2.45. The van der Waals surface area contributed by atoms with Gasteiger partial charge in [-0.05, 0) is 36.0 Å². The highest BCUT2D eigenvalue weighted by atomic mass is 35.5. The van der Waals surface area contributed by atoms with E-state index in [0.29, 0.717) is 5.56 Å². The molecule has 0 saturated carbocycles. The summed E-state index contributed by atoms with van der Waals surface area (Å²) < 4.78 is 0. The van der Waals surface area contributed by atoms with Crippen LogP contribution in [0.5, 0.6) is 0 Å². The maximum absolute atomic E-state index is 12.4. The summed E-state index contributed by atoms with van der Waals surface area (Å²) in [6.07, 6.45) is 0. The minimum Gasteiger partial charge on any atom is -0.364 e. The van der Waals surface area contributed by atoms with Crippen molar-refractivity contribution in [1.29, 1.82) is 0 Å². The zero-order valence-electron chi connectivity index (χ0n) is 12.7. The van der Waals surface area contributed by atoms with Crippen molar-refractivity contribution in [2.45, 2.75) is 0 Å². The number of hydrogen-bond donors (Lipinski definition) is 3. The summed E-state index contributed by atoms with van der Waals surface area (Å²) in [4.78, 5) is 26.7. The fraction of sp³-hybridized carbons (Fsp3) is 0.0714. The van der Waals surface area contributed by atoms with Crippen LogP contribution in [-0.2, 0) is 0 Å². The number of carbonyl (C=O) groups excluding carboxylic acids is 1. The summed E-state index contributed by atoms with van der Waals surface area (Å²) in [7, 11) is 1.58. The first-order valence-corrected chi connectivity index (χ1v) is 7.88. The van der Waals surface area contributed by atoms with Crippen LogP contribution in [0.1, 0.15) is 10.4 Å². The minimum absolute atomic E-state index is 0.0925. The van der Waals surface area contributed by atoms with Gasteiger partial charge in [0.25, 0.3) is 11.6 Å². The summed E-state index contributed by atoms with van der Waals surface area (Å²) >= 11 is 16.6. The highest BCUT2D eigenvalue weighted by molar-refractivity contribution is 7.80. The standard InChI is InChI=1S/C14H11Cl2N5O3S/c1-17-14(25)20-19-13(22)9-3-2-8(21(23)24)6-10(9)7-4-11(15)18-12(16)5-7/h2-6H,1H3,(H,19,22)(H2,17,20,25). The Labute approximate surface area is 157 Å². The molecule has 2 rings (SSSR count). The second-order valence-corrected chi connectivity index (χ2v) is 5.83. The number of nitro groups is 1. The third-order valence-electron chi connectivity index (χ3n) is 3.05. The molecule has 0 saturated heterocycles. The molecule has 0 unspecified atom stereocenters. The SMILES string of the molecule is CNC(=S)NNC(=O)c1ccc([N+](=O)[O-])cc1-c1cc(Cl)nc(Cl)c1. The van der Waals surface area contributed by atoms with E-state index in [-0.39, 0.29) is 32.2 Å². The van der Waals surface area contributed by atoms with Gasteiger partial charge in [-0.3, -0.25) is 25.8 Å². The third kappa shape index (κ3) is 4.75. The fourth-order valence-corrected chi connectivity index (χ4v) is 2.46. The lowest BCUT2D eigenvalue weighted by Gasteiger charge is -2.12. The Morgan fingerprint density at radius 1 is 1.20 bits per heavy atom. The first kappa shape index (κ1) is 18.8. The van der Waals surface area contributed by atoms with E-state index in [4.69, 9.17) is 35.4 Å². The number of nitrogens with zero attached hydrogens (tertiary/aromatic N) is 2. The molecule has 25 heavy (non-hydrogen) atoms. The second kappa shape index (κ2) is 8.06. The van der Waals surface area contributed by atoms with Crippen LogP contribution in [0, 0.1) is 10.1 Å². The molecule has 0 aliphatic rings. The van der Waals surface area contributed by atoms with E-state index in [9.17, 15) is 14.9 Å². The van der Waals surface area contributed by atoms with Crippen molar-refractivity contribution in [3.63, 3.8) is 0 Å². The van der Waals surface area contributed by atoms with Gasteiger partial charge in [0.05, 0.1) is 4.92 Å². The Balaban J connectivity index is 2.50. The molecule has 0 spiro atoms. The number of hydrogen-bond acceptors (Lipinski definition) is 5. The largest absolute Gasteiger partial charge is 0.364 e. The third-order valence-corrected chi connectivity index (χ3v) is 3.74. The number of thiocarbonyl (C=S) groups is 1. The van der Waals surface area contributed by atoms with Crippen molar-refractivity contribution in [2.24, 2.45) is 0 Å². The van der Waals surface area contributed by atoms with Crippen LogP contribution in [0.3, 0.4) is 0 Å². The van der Waals surface area contributed by atoms with E-state index in [1.54, 1.807) is 7.05 Å². The maximum atomic E-state index is 12.4. The van der Waals surface area contributed by atoms with Gasteiger partial charge in [-0.2, -0.15) is 0 Å². The van der Waals surface area contributed by atoms with Crippen molar-refractivity contribution in [3.8, 4) is 11.1 Å². The quantitative estimate of drug-likeness (QED) is 0.315. The van der Waals surface area contributed by atoms with Crippen molar-refractivity contribution < 1.29 is 9.72 Å². The number of carbonyl (C=O) groups is 1. The molecule has 8 nitrogen and oxygen atoms in total. The van der Waals surface area contributed by atoms with Crippen LogP contribution >= 0.6 is 35.4 Å². The Hall–Kier alpha value is -2.49. The maximum Gasteiger partial charge on any atom is 0.270 e. The molecular formula is C14H11Cl2N5O3S. The van der Waals surface area contributed by atoms with Gasteiger partial charge < -0.3 is 5.32 Å². The molecule has 0 fully saturated rings. The van der Waals surface area contributed by atoms with Crippen LogP contribution in [0.4, 0.5) is 5.69 Å². The molecule has 1 heterocycles. The Bertz CT molecular complexity index is 842. The van der Waals surface area contributed by atoms with Crippen molar-refractivity contribution in [1.82, 2.24) is 21.2 Å². The van der Waals surface area contributed by atoms with E-state index in [2.05, 4.69) is 21.2 Å². The molecular weight excluding hydrogens is 389 g/mol. The number of halogens is 2. The summed E-state index contributed by atoms with van der Waals surface area (Å²) in [5, 5.41) is 14.1. The summed E-state index contributed by atoms with van der Waals surface area (Å²) in [6.45, 7) is 0. The monoisotopic (exact) mass is 399 g/mol. The lowest BCUT2D eigenvalue weighted by atomic mass is 9.99. The van der Waals surface area contributed by atoms with Crippen molar-refractivity contribution >= 4 is 52.1 Å². The van der Waals surface area contributed by atoms with Gasteiger partial charge in [0.15, 0.2) is 5.11 Å². The average Bonchev–Trinajstić information content (AvgIpc) is 2.57. The second-order valence-electron chi connectivity index (χ2n) is 4.65. The number of amides is 1. The van der Waals surface area contributed by atoms with Crippen molar-refractivity contribution in [3.05, 3.63) is 56.3 Å². The lowest BCUT2D eigenvalue weighted by molar-refractivity contribution is -0.384. The molecule has 0 atom stereocenters. The van der Waals surface area contributed by atoms with E-state index >= 15 is 0 Å². The van der Waals surface area contributed by atoms with Gasteiger partial charge in [-0.15, -0.1) is 0 Å². The number of non-ortho nitro benzene ring substituents is 1. The zero-order valence-corrected chi connectivity index (χ0v) is 15.0. The molecule has 11 heteroatoms. The summed E-state index contributed by atoms with van der Waals surface area (Å²) in [5.74, 6) is -0.549. The molecule has 0 aliphatic carbocycles. The highest BCUT2D eigenvalue weighted by Gasteiger charge is 2.18. The number of hydrazine groups is 1. The van der Waals surface area contributed by atoms with Crippen LogP contribution in [0.2, 0.25) is 10.3 Å². The Kier molecular flexibility index (Phi) is 6.07. The molecule has 3 N–H and O–H groups in total. The minimum atomic E-state index is -0.566. The van der Waals surface area contributed by atoms with E-state index in [1.165, 1.54) is 30.3 Å². The first-order chi connectivity index (χ1) is 11.8. The summed E-state index contributed by atoms with van der Waals surface area (Å²) in [5.41, 5.74) is 5.55. The molecule has 1 amide bonds. The zero-order chi connectivity index (χ0) is 18.6. The van der Waals surface area contributed by atoms with Gasteiger partial charge in [-0.1, -0.05) is 23.2 Å². The average molecular weight is 400 g/mol. The number of pyridine rings is 1. The van der Waals surface area contributed by atoms with Gasteiger partial charge in [0.1, 0.15) is 10.3 Å². The van der Waals surface area contributed by atoms with E-state index < -0.39 is 10.8 Å². The smallest absolute Gasteiger partial charge is 0.270 e. The fourth-order valence-electron chi connectivity index (χ4n) is 1.95.